The quantitative estimate of drug-likeness (QED) is 0.0692. The SMILES string of the molecule is CC(C)(C)c1cc(-c2ncnc3c2sc2c[c]([Ge]([CH3])([CH3])[CH3])ccc23)[c-]c2ccccc12.CCC(C)(CC)C(=O)/C=C(\O)C(C)(CC)CC.[Ir]. The summed E-state index contributed by atoms with van der Waals surface area (Å²) in [4.78, 5) is 21.6. The van der Waals surface area contributed by atoms with Crippen molar-refractivity contribution in [1.29, 1.82) is 0 Å². The molecule has 265 valence electrons. The summed E-state index contributed by atoms with van der Waals surface area (Å²) in [7, 11) is 0. The van der Waals surface area contributed by atoms with Crippen molar-refractivity contribution in [2.75, 3.05) is 0 Å². The Hall–Kier alpha value is -2.38. The number of ketones is 1. The van der Waals surface area contributed by atoms with Crippen LogP contribution in [-0.4, -0.2) is 34.1 Å². The molecular formula is C42H55GeIrN2O2S-. The first-order valence-corrected chi connectivity index (χ1v) is 25.7. The van der Waals surface area contributed by atoms with Gasteiger partial charge in [0.25, 0.3) is 0 Å². The average molecular weight is 917 g/mol. The van der Waals surface area contributed by atoms with E-state index >= 15 is 0 Å². The van der Waals surface area contributed by atoms with Crippen molar-refractivity contribution >= 4 is 65.9 Å². The van der Waals surface area contributed by atoms with E-state index in [9.17, 15) is 9.90 Å². The van der Waals surface area contributed by atoms with Crippen molar-refractivity contribution in [2.45, 2.75) is 111 Å². The van der Waals surface area contributed by atoms with E-state index in [1.165, 1.54) is 31.5 Å². The van der Waals surface area contributed by atoms with Gasteiger partial charge in [-0.25, -0.2) is 0 Å². The van der Waals surface area contributed by atoms with E-state index in [4.69, 9.17) is 4.98 Å². The zero-order valence-corrected chi connectivity index (χ0v) is 36.9. The number of fused-ring (bicyclic) bond motifs is 4. The van der Waals surface area contributed by atoms with E-state index in [-0.39, 0.29) is 47.9 Å². The zero-order chi connectivity index (χ0) is 35.7. The molecule has 2 heterocycles. The van der Waals surface area contributed by atoms with Crippen LogP contribution in [-0.2, 0) is 30.3 Å². The van der Waals surface area contributed by atoms with Crippen LogP contribution in [0.2, 0.25) is 17.3 Å². The van der Waals surface area contributed by atoms with E-state index in [1.54, 1.807) is 6.33 Å². The second-order valence-electron chi connectivity index (χ2n) is 15.8. The number of allylic oxidation sites excluding steroid dienone is 2. The first-order valence-electron chi connectivity index (χ1n) is 17.5. The van der Waals surface area contributed by atoms with Crippen LogP contribution in [0.5, 0.6) is 0 Å². The fourth-order valence-corrected chi connectivity index (χ4v) is 9.75. The van der Waals surface area contributed by atoms with Gasteiger partial charge in [-0.2, -0.15) is 0 Å². The van der Waals surface area contributed by atoms with Crippen molar-refractivity contribution in [2.24, 2.45) is 10.8 Å². The van der Waals surface area contributed by atoms with Gasteiger partial charge >= 0.3 is 191 Å². The summed E-state index contributed by atoms with van der Waals surface area (Å²) in [6.07, 6.45) is 6.46. The zero-order valence-electron chi connectivity index (χ0n) is 31.6. The van der Waals surface area contributed by atoms with Crippen LogP contribution in [0.1, 0.15) is 93.6 Å². The summed E-state index contributed by atoms with van der Waals surface area (Å²) < 4.78 is 4.00. The van der Waals surface area contributed by atoms with Crippen molar-refractivity contribution in [3.05, 3.63) is 78.3 Å². The topological polar surface area (TPSA) is 63.1 Å². The fourth-order valence-electron chi connectivity index (χ4n) is 5.89. The molecule has 3 aromatic carbocycles. The van der Waals surface area contributed by atoms with Crippen LogP contribution in [0.3, 0.4) is 0 Å². The summed E-state index contributed by atoms with van der Waals surface area (Å²) in [5, 5.41) is 13.8. The van der Waals surface area contributed by atoms with Crippen molar-refractivity contribution in [1.82, 2.24) is 9.97 Å². The number of hydrogen-bond acceptors (Lipinski definition) is 5. The minimum Gasteiger partial charge on any atom is -0.512 e. The molecule has 0 unspecified atom stereocenters. The summed E-state index contributed by atoms with van der Waals surface area (Å²) in [5.41, 5.74) is 3.85. The number of rotatable bonds is 9. The summed E-state index contributed by atoms with van der Waals surface area (Å²) in [5.74, 6) is 7.61. The van der Waals surface area contributed by atoms with Crippen molar-refractivity contribution < 1.29 is 30.0 Å². The molecular weight excluding hydrogens is 861 g/mol. The molecule has 1 N–H and O–H groups in total. The van der Waals surface area contributed by atoms with Gasteiger partial charge in [0, 0.05) is 37.0 Å². The Morgan fingerprint density at radius 1 is 0.857 bits per heavy atom. The van der Waals surface area contributed by atoms with E-state index < -0.39 is 13.3 Å². The van der Waals surface area contributed by atoms with Gasteiger partial charge in [0.05, 0.1) is 0 Å². The Labute approximate surface area is 314 Å². The molecule has 0 atom stereocenters. The van der Waals surface area contributed by atoms with Crippen LogP contribution < -0.4 is 4.40 Å². The van der Waals surface area contributed by atoms with Gasteiger partial charge < -0.3 is 5.11 Å². The van der Waals surface area contributed by atoms with Gasteiger partial charge in [-0.15, -0.1) is 0 Å². The molecule has 5 aromatic rings. The number of thiophene rings is 1. The minimum atomic E-state index is -1.89. The van der Waals surface area contributed by atoms with E-state index in [2.05, 4.69) is 97.6 Å². The number of nitrogens with zero attached hydrogens (tertiary/aromatic N) is 2. The number of carbonyl (C=O) groups is 1. The number of aliphatic hydroxyl groups is 1. The van der Waals surface area contributed by atoms with Crippen LogP contribution in [0.4, 0.5) is 0 Å². The van der Waals surface area contributed by atoms with Crippen molar-refractivity contribution in [3.63, 3.8) is 0 Å². The standard InChI is InChI=1S/C27H27GeN2S.C15H28O2.Ir/c1-27(2,3)22-14-18(13-17-9-7-8-10-20(17)22)24-26-25(30-16-29-24)21-12-11-19(28(4,5)6)15-23(21)31-26;1-7-14(5,8-2)12(16)11-13(17)15(6,9-3)10-4;/h7-12,14-16H,1-6H3;11,16H,7-10H2,1-6H3;/q-1;;/b;12-11-;. The normalized spacial score (nSPS) is 12.9. The molecule has 0 aliphatic heterocycles. The molecule has 2 aromatic heterocycles. The maximum atomic E-state index is 12.2. The largest absolute Gasteiger partial charge is 0.512 e. The van der Waals surface area contributed by atoms with Crippen molar-refractivity contribution in [3.8, 4) is 11.3 Å². The third-order valence-electron chi connectivity index (χ3n) is 10.6. The van der Waals surface area contributed by atoms with Crippen LogP contribution >= 0.6 is 11.3 Å². The number of aliphatic hydroxyl groups excluding tert-OH is 1. The van der Waals surface area contributed by atoms with Crippen LogP contribution in [0.15, 0.2) is 66.7 Å². The van der Waals surface area contributed by atoms with Gasteiger partial charge in [-0.3, -0.25) is 4.79 Å². The predicted octanol–water partition coefficient (Wildman–Crippen LogP) is 12.0. The molecule has 0 saturated carbocycles. The molecule has 0 bridgehead atoms. The summed E-state index contributed by atoms with van der Waals surface area (Å²) >= 11 is -0.0756. The smallest absolute Gasteiger partial charge is 0.164 e. The molecule has 4 nitrogen and oxygen atoms in total. The Kier molecular flexibility index (Phi) is 13.3. The van der Waals surface area contributed by atoms with E-state index in [1.807, 2.05) is 52.9 Å². The molecule has 0 fully saturated rings. The first-order chi connectivity index (χ1) is 22.4. The van der Waals surface area contributed by atoms with Crippen LogP contribution in [0.25, 0.3) is 42.3 Å². The average Bonchev–Trinajstić information content (AvgIpc) is 3.44. The molecule has 7 heteroatoms. The summed E-state index contributed by atoms with van der Waals surface area (Å²) in [6, 6.07) is 21.5. The number of benzene rings is 3. The Bertz CT molecular complexity index is 1960. The Morgan fingerprint density at radius 2 is 1.47 bits per heavy atom. The van der Waals surface area contributed by atoms with Gasteiger partial charge in [0.1, 0.15) is 5.76 Å². The number of hydrogen-bond donors (Lipinski definition) is 1. The second-order valence-corrected chi connectivity index (χ2v) is 27.5. The molecule has 5 rings (SSSR count). The van der Waals surface area contributed by atoms with E-state index in [0.717, 1.165) is 52.5 Å². The summed E-state index contributed by atoms with van der Waals surface area (Å²) in [6.45, 7) is 18.9. The van der Waals surface area contributed by atoms with Gasteiger partial charge in [-0.05, 0) is 25.7 Å². The molecule has 0 amide bonds. The molecule has 49 heavy (non-hydrogen) atoms. The van der Waals surface area contributed by atoms with E-state index in [0.29, 0.717) is 0 Å². The number of aromatic nitrogens is 2. The first kappa shape index (κ1) is 41.0. The maximum absolute atomic E-state index is 12.2. The number of carbonyl (C=O) groups excluding carboxylic acids is 1. The Balaban J connectivity index is 0.000000312. The van der Waals surface area contributed by atoms with Crippen LogP contribution in [0, 0.1) is 16.9 Å². The second kappa shape index (κ2) is 15.9. The molecule has 0 spiro atoms. The van der Waals surface area contributed by atoms with Gasteiger partial charge in [-0.1, -0.05) is 41.5 Å². The minimum absolute atomic E-state index is 0. The predicted molar refractivity (Wildman–Crippen MR) is 211 cm³/mol. The third-order valence-corrected chi connectivity index (χ3v) is 16.0. The fraction of sp³-hybridized carbons (Fsp3) is 0.452. The van der Waals surface area contributed by atoms with Gasteiger partial charge in [0.2, 0.25) is 0 Å². The molecule has 0 aliphatic rings. The molecule has 0 saturated heterocycles. The molecule has 1 radical (unpaired) electrons. The maximum Gasteiger partial charge on any atom is 0.164 e. The molecule has 0 aliphatic carbocycles. The monoisotopic (exact) mass is 918 g/mol. The Morgan fingerprint density at radius 3 is 2.04 bits per heavy atom. The third kappa shape index (κ3) is 8.75. The van der Waals surface area contributed by atoms with Gasteiger partial charge in [0.15, 0.2) is 5.78 Å².